The lowest BCUT2D eigenvalue weighted by molar-refractivity contribution is -0.305. The Morgan fingerprint density at radius 2 is 2.15 bits per heavy atom. The smallest absolute Gasteiger partial charge is 0.191 e. The van der Waals surface area contributed by atoms with E-state index in [9.17, 15) is 9.90 Å². The average Bonchev–Trinajstić information content (AvgIpc) is 3.02. The Morgan fingerprint density at radius 1 is 1.31 bits per heavy atom. The summed E-state index contributed by atoms with van der Waals surface area (Å²) in [6, 6.07) is 9.60. The molecule has 0 spiro atoms. The van der Waals surface area contributed by atoms with Crippen LogP contribution >= 0.6 is 11.8 Å². The maximum atomic E-state index is 10.6. The standard InChI is InChI=1S/C18H18N4O3S/c1-2-10-22-15(20-21-18(22)26-11-8-16(23)24)12-25-14-7-3-5-13-6-4-9-19-17(13)14/h2-7,9H,1,8,10-12H2,(H,23,24)/p-1. The zero-order valence-corrected chi connectivity index (χ0v) is 14.8. The van der Waals surface area contributed by atoms with Crippen LogP contribution in [0.1, 0.15) is 12.2 Å². The first-order valence-electron chi connectivity index (χ1n) is 8.01. The van der Waals surface area contributed by atoms with Crippen LogP contribution in [-0.4, -0.2) is 31.5 Å². The number of pyridine rings is 1. The number of benzene rings is 1. The molecule has 0 N–H and O–H groups in total. The maximum Gasteiger partial charge on any atom is 0.191 e. The van der Waals surface area contributed by atoms with E-state index >= 15 is 0 Å². The highest BCUT2D eigenvalue weighted by atomic mass is 32.2. The minimum absolute atomic E-state index is 0.0425. The Hall–Kier alpha value is -2.87. The second kappa shape index (κ2) is 8.48. The molecule has 0 aliphatic carbocycles. The van der Waals surface area contributed by atoms with Crippen molar-refractivity contribution < 1.29 is 14.6 Å². The van der Waals surface area contributed by atoms with E-state index in [0.717, 1.165) is 10.9 Å². The van der Waals surface area contributed by atoms with Gasteiger partial charge >= 0.3 is 0 Å². The monoisotopic (exact) mass is 369 g/mol. The van der Waals surface area contributed by atoms with Gasteiger partial charge in [0.1, 0.15) is 17.9 Å². The lowest BCUT2D eigenvalue weighted by Crippen LogP contribution is -2.22. The molecule has 7 nitrogen and oxygen atoms in total. The van der Waals surface area contributed by atoms with E-state index in [1.165, 1.54) is 11.8 Å². The zero-order chi connectivity index (χ0) is 18.4. The largest absolute Gasteiger partial charge is 0.550 e. The van der Waals surface area contributed by atoms with Crippen LogP contribution in [0, 0.1) is 0 Å². The van der Waals surface area contributed by atoms with Crippen molar-refractivity contribution in [3.05, 3.63) is 55.0 Å². The van der Waals surface area contributed by atoms with Gasteiger partial charge in [0.25, 0.3) is 0 Å². The second-order valence-electron chi connectivity index (χ2n) is 5.39. The minimum Gasteiger partial charge on any atom is -0.550 e. The number of hydrogen-bond donors (Lipinski definition) is 0. The fourth-order valence-corrected chi connectivity index (χ4v) is 3.29. The van der Waals surface area contributed by atoms with Gasteiger partial charge in [-0.05, 0) is 18.6 Å². The molecule has 0 unspecified atom stereocenters. The predicted octanol–water partition coefficient (Wildman–Crippen LogP) is 1.82. The Kier molecular flexibility index (Phi) is 5.85. The maximum absolute atomic E-state index is 10.6. The molecule has 8 heteroatoms. The number of para-hydroxylation sites is 1. The molecule has 0 fully saturated rings. The summed E-state index contributed by atoms with van der Waals surface area (Å²) in [6.07, 6.45) is 3.41. The van der Waals surface area contributed by atoms with Gasteiger partial charge in [0.15, 0.2) is 11.0 Å². The van der Waals surface area contributed by atoms with Gasteiger partial charge in [0.2, 0.25) is 0 Å². The number of nitrogens with zero attached hydrogens (tertiary/aromatic N) is 4. The number of ether oxygens (including phenoxy) is 1. The molecule has 0 bridgehead atoms. The molecule has 134 valence electrons. The van der Waals surface area contributed by atoms with Gasteiger partial charge in [0.05, 0.1) is 0 Å². The Morgan fingerprint density at radius 3 is 2.96 bits per heavy atom. The molecule has 0 saturated carbocycles. The molecule has 2 heterocycles. The number of aliphatic carboxylic acids is 1. The van der Waals surface area contributed by atoms with Crippen molar-refractivity contribution in [3.8, 4) is 5.75 Å². The number of carboxylic acids is 1. The molecule has 3 aromatic rings. The van der Waals surface area contributed by atoms with Crippen molar-refractivity contribution in [2.45, 2.75) is 24.7 Å². The van der Waals surface area contributed by atoms with Crippen LogP contribution in [0.5, 0.6) is 5.75 Å². The average molecular weight is 369 g/mol. The zero-order valence-electron chi connectivity index (χ0n) is 14.0. The van der Waals surface area contributed by atoms with Gasteiger partial charge in [-0.1, -0.05) is 36.0 Å². The molecule has 0 aliphatic heterocycles. The first kappa shape index (κ1) is 17.9. The number of rotatable bonds is 9. The normalized spacial score (nSPS) is 10.8. The molecule has 1 aromatic carbocycles. The molecule has 0 aliphatic rings. The summed E-state index contributed by atoms with van der Waals surface area (Å²) in [5, 5.41) is 20.5. The molecule has 0 radical (unpaired) electrons. The summed E-state index contributed by atoms with van der Waals surface area (Å²) in [6.45, 7) is 4.47. The van der Waals surface area contributed by atoms with Crippen LogP contribution in [0.15, 0.2) is 54.3 Å². The van der Waals surface area contributed by atoms with Gasteiger partial charge in [-0.15, -0.1) is 16.8 Å². The molecule has 0 amide bonds. The second-order valence-corrected chi connectivity index (χ2v) is 6.45. The van der Waals surface area contributed by atoms with Crippen molar-refractivity contribution in [3.63, 3.8) is 0 Å². The topological polar surface area (TPSA) is 93.0 Å². The number of allylic oxidation sites excluding steroid dienone is 1. The number of carbonyl (C=O) groups excluding carboxylic acids is 1. The number of aromatic nitrogens is 4. The number of hydrogen-bond acceptors (Lipinski definition) is 7. The van der Waals surface area contributed by atoms with Crippen molar-refractivity contribution >= 4 is 28.6 Å². The fourth-order valence-electron chi connectivity index (χ4n) is 2.41. The van der Waals surface area contributed by atoms with Crippen molar-refractivity contribution in [2.75, 3.05) is 5.75 Å². The third-order valence-electron chi connectivity index (χ3n) is 3.59. The van der Waals surface area contributed by atoms with Gasteiger partial charge in [-0.3, -0.25) is 9.55 Å². The third kappa shape index (κ3) is 4.20. The SMILES string of the molecule is C=CCn1c(COc2cccc3cccnc23)nnc1SCCC(=O)[O-]. The van der Waals surface area contributed by atoms with Crippen LogP contribution in [-0.2, 0) is 17.9 Å². The van der Waals surface area contributed by atoms with Gasteiger partial charge < -0.3 is 14.6 Å². The lowest BCUT2D eigenvalue weighted by Gasteiger charge is -2.10. The Balaban J connectivity index is 1.75. The first-order chi connectivity index (χ1) is 12.7. The molecule has 2 aromatic heterocycles. The van der Waals surface area contributed by atoms with Crippen molar-refractivity contribution in [2.24, 2.45) is 0 Å². The molecule has 0 atom stereocenters. The summed E-state index contributed by atoms with van der Waals surface area (Å²) >= 11 is 1.31. The highest BCUT2D eigenvalue weighted by Gasteiger charge is 2.13. The predicted molar refractivity (Wildman–Crippen MR) is 96.6 cm³/mol. The number of thioether (sulfide) groups is 1. The van der Waals surface area contributed by atoms with E-state index in [0.29, 0.717) is 29.0 Å². The minimum atomic E-state index is -1.08. The van der Waals surface area contributed by atoms with Crippen molar-refractivity contribution in [1.82, 2.24) is 19.7 Å². The van der Waals surface area contributed by atoms with Crippen molar-refractivity contribution in [1.29, 1.82) is 0 Å². The van der Waals surface area contributed by atoms with Crippen LogP contribution in [0.3, 0.4) is 0 Å². The highest BCUT2D eigenvalue weighted by Crippen LogP contribution is 2.24. The Bertz CT molecular complexity index is 920. The number of fused-ring (bicyclic) bond motifs is 1. The van der Waals surface area contributed by atoms with E-state index in [4.69, 9.17) is 4.74 Å². The van der Waals surface area contributed by atoms with Crippen LogP contribution in [0.25, 0.3) is 10.9 Å². The van der Waals surface area contributed by atoms with E-state index in [-0.39, 0.29) is 13.0 Å². The van der Waals surface area contributed by atoms with E-state index in [1.807, 2.05) is 34.9 Å². The molecular formula is C18H17N4O3S-. The molecule has 26 heavy (non-hydrogen) atoms. The summed E-state index contributed by atoms with van der Waals surface area (Å²) in [5.41, 5.74) is 0.786. The molecular weight excluding hydrogens is 352 g/mol. The molecule has 3 rings (SSSR count). The highest BCUT2D eigenvalue weighted by molar-refractivity contribution is 7.99. The van der Waals surface area contributed by atoms with Crippen LogP contribution < -0.4 is 9.84 Å². The fraction of sp³-hybridized carbons (Fsp3) is 0.222. The van der Waals surface area contributed by atoms with Crippen LogP contribution in [0.4, 0.5) is 0 Å². The number of carboxylic acid groups (broad SMARTS) is 1. The first-order valence-corrected chi connectivity index (χ1v) is 8.99. The number of carbonyl (C=O) groups is 1. The third-order valence-corrected chi connectivity index (χ3v) is 4.56. The Labute approximate surface area is 154 Å². The van der Waals surface area contributed by atoms with Gasteiger partial charge in [-0.2, -0.15) is 0 Å². The van der Waals surface area contributed by atoms with E-state index in [2.05, 4.69) is 21.8 Å². The summed E-state index contributed by atoms with van der Waals surface area (Å²) in [7, 11) is 0. The quantitative estimate of drug-likeness (QED) is 0.419. The van der Waals surface area contributed by atoms with E-state index in [1.54, 1.807) is 12.3 Å². The summed E-state index contributed by atoms with van der Waals surface area (Å²) < 4.78 is 7.77. The molecule has 0 saturated heterocycles. The van der Waals surface area contributed by atoms with Crippen LogP contribution in [0.2, 0.25) is 0 Å². The lowest BCUT2D eigenvalue weighted by atomic mass is 10.2. The van der Waals surface area contributed by atoms with E-state index < -0.39 is 5.97 Å². The van der Waals surface area contributed by atoms with Gasteiger partial charge in [0, 0.05) is 29.8 Å². The van der Waals surface area contributed by atoms with Gasteiger partial charge in [-0.25, -0.2) is 0 Å². The summed E-state index contributed by atoms with van der Waals surface area (Å²) in [4.78, 5) is 14.9. The summed E-state index contributed by atoms with van der Waals surface area (Å²) in [5.74, 6) is 0.585.